The zero-order valence-electron chi connectivity index (χ0n) is 10.3. The Labute approximate surface area is 103 Å². The van der Waals surface area contributed by atoms with Crippen LogP contribution in [0.4, 0.5) is 0 Å². The maximum absolute atomic E-state index is 11.6. The van der Waals surface area contributed by atoms with E-state index < -0.39 is 0 Å². The van der Waals surface area contributed by atoms with Gasteiger partial charge in [-0.2, -0.15) is 0 Å². The molecule has 1 N–H and O–H groups in total. The van der Waals surface area contributed by atoms with Crippen LogP contribution in [-0.4, -0.2) is 10.9 Å². The van der Waals surface area contributed by atoms with Crippen LogP contribution in [0, 0.1) is 13.8 Å². The molecule has 0 aliphatic carbocycles. The molecule has 0 atom stereocenters. The zero-order valence-corrected chi connectivity index (χ0v) is 10.3. The van der Waals surface area contributed by atoms with Gasteiger partial charge in [0.1, 0.15) is 11.3 Å². The summed E-state index contributed by atoms with van der Waals surface area (Å²) in [7, 11) is 0. The summed E-state index contributed by atoms with van der Waals surface area (Å²) in [4.78, 5) is 11.6. The molecule has 0 unspecified atom stereocenters. The fourth-order valence-corrected chi connectivity index (χ4v) is 2.44. The van der Waals surface area contributed by atoms with E-state index in [0.717, 1.165) is 10.9 Å². The highest BCUT2D eigenvalue weighted by Gasteiger charge is 2.21. The Morgan fingerprint density at radius 2 is 2.00 bits per heavy atom. The van der Waals surface area contributed by atoms with E-state index >= 15 is 0 Å². The highest BCUT2D eigenvalue weighted by Crippen LogP contribution is 2.39. The number of Topliss-reactive ketones (excluding diaryl/α,β-unsaturated/α-hetero) is 1. The second-order valence-corrected chi connectivity index (χ2v) is 4.48. The van der Waals surface area contributed by atoms with Crippen LogP contribution in [-0.2, 0) is 0 Å². The van der Waals surface area contributed by atoms with Gasteiger partial charge in [-0.3, -0.25) is 4.79 Å². The molecule has 2 aromatic heterocycles. The number of rotatable bonds is 1. The van der Waals surface area contributed by atoms with Crippen LogP contribution in [0.3, 0.4) is 0 Å². The van der Waals surface area contributed by atoms with Crippen molar-refractivity contribution in [1.29, 1.82) is 0 Å². The van der Waals surface area contributed by atoms with Gasteiger partial charge in [-0.25, -0.2) is 0 Å². The van der Waals surface area contributed by atoms with Crippen LogP contribution in [0.1, 0.15) is 28.6 Å². The van der Waals surface area contributed by atoms with E-state index in [1.54, 1.807) is 13.2 Å². The van der Waals surface area contributed by atoms with Crippen LogP contribution in [0.15, 0.2) is 21.2 Å². The van der Waals surface area contributed by atoms with Crippen LogP contribution >= 0.6 is 0 Å². The van der Waals surface area contributed by atoms with E-state index in [0.29, 0.717) is 27.9 Å². The van der Waals surface area contributed by atoms with E-state index in [4.69, 9.17) is 8.83 Å². The van der Waals surface area contributed by atoms with Crippen molar-refractivity contribution in [3.63, 3.8) is 0 Å². The summed E-state index contributed by atoms with van der Waals surface area (Å²) >= 11 is 0. The fourth-order valence-electron chi connectivity index (χ4n) is 2.44. The second-order valence-electron chi connectivity index (χ2n) is 4.48. The molecule has 0 amide bonds. The molecule has 2 heterocycles. The number of hydrogen-bond acceptors (Lipinski definition) is 4. The molecule has 4 heteroatoms. The Hall–Kier alpha value is -2.23. The van der Waals surface area contributed by atoms with E-state index in [2.05, 4.69) is 0 Å². The smallest absolute Gasteiger partial charge is 0.179 e. The summed E-state index contributed by atoms with van der Waals surface area (Å²) in [6, 6.07) is 1.52. The van der Waals surface area contributed by atoms with E-state index in [1.165, 1.54) is 13.0 Å². The maximum atomic E-state index is 11.6. The first-order valence-corrected chi connectivity index (χ1v) is 5.64. The van der Waals surface area contributed by atoms with Gasteiger partial charge in [-0.05, 0) is 32.4 Å². The molecule has 0 saturated heterocycles. The molecule has 3 rings (SSSR count). The first-order chi connectivity index (χ1) is 8.50. The van der Waals surface area contributed by atoms with E-state index in [-0.39, 0.29) is 11.5 Å². The molecule has 0 fully saturated rings. The fraction of sp³-hybridized carbons (Fsp3) is 0.214. The van der Waals surface area contributed by atoms with Crippen molar-refractivity contribution < 1.29 is 18.7 Å². The van der Waals surface area contributed by atoms with Crippen LogP contribution in [0.5, 0.6) is 5.75 Å². The quantitative estimate of drug-likeness (QED) is 0.663. The molecule has 4 nitrogen and oxygen atoms in total. The third-order valence-corrected chi connectivity index (χ3v) is 3.19. The number of hydrogen-bond donors (Lipinski definition) is 1. The summed E-state index contributed by atoms with van der Waals surface area (Å²) in [6.07, 6.45) is 1.56. The first-order valence-electron chi connectivity index (χ1n) is 5.64. The predicted molar refractivity (Wildman–Crippen MR) is 67.1 cm³/mol. The summed E-state index contributed by atoms with van der Waals surface area (Å²) in [5, 5.41) is 11.3. The Morgan fingerprint density at radius 3 is 2.67 bits per heavy atom. The summed E-state index contributed by atoms with van der Waals surface area (Å²) < 4.78 is 11.0. The number of ketones is 1. The number of fused-ring (bicyclic) bond motifs is 3. The zero-order chi connectivity index (χ0) is 13.0. The molecular weight excluding hydrogens is 232 g/mol. The van der Waals surface area contributed by atoms with E-state index in [9.17, 15) is 9.90 Å². The average Bonchev–Trinajstić information content (AvgIpc) is 2.79. The van der Waals surface area contributed by atoms with Crippen LogP contribution < -0.4 is 0 Å². The molecule has 18 heavy (non-hydrogen) atoms. The Bertz CT molecular complexity index is 789. The number of aryl methyl sites for hydroxylation is 2. The lowest BCUT2D eigenvalue weighted by molar-refractivity contribution is 0.101. The molecule has 92 valence electrons. The van der Waals surface area contributed by atoms with Gasteiger partial charge in [0.25, 0.3) is 0 Å². The number of carbonyl (C=O) groups is 1. The number of aromatic hydroxyl groups is 1. The molecule has 0 radical (unpaired) electrons. The summed E-state index contributed by atoms with van der Waals surface area (Å²) in [6.45, 7) is 5.10. The van der Waals surface area contributed by atoms with Gasteiger partial charge >= 0.3 is 0 Å². The third-order valence-electron chi connectivity index (χ3n) is 3.19. The number of benzene rings is 1. The molecule has 0 aliphatic heterocycles. The third kappa shape index (κ3) is 1.23. The molecule has 3 aromatic rings. The van der Waals surface area contributed by atoms with Crippen molar-refractivity contribution in [1.82, 2.24) is 0 Å². The SMILES string of the molecule is CC(=O)c1c(C)oc2c1cc(O)c1occ(C)c12. The van der Waals surface area contributed by atoms with Crippen molar-refractivity contribution in [3.05, 3.63) is 29.2 Å². The standard InChI is InChI=1S/C14H12O4/c1-6-5-17-14-10(16)4-9-12(7(2)15)8(3)18-13(9)11(6)14/h4-5,16H,1-3H3. The van der Waals surface area contributed by atoms with Gasteiger partial charge in [0, 0.05) is 5.39 Å². The monoisotopic (exact) mass is 244 g/mol. The largest absolute Gasteiger partial charge is 0.504 e. The Kier molecular flexibility index (Phi) is 2.05. The van der Waals surface area contributed by atoms with Gasteiger partial charge in [-0.15, -0.1) is 0 Å². The normalized spacial score (nSPS) is 11.5. The number of phenols is 1. The minimum absolute atomic E-state index is 0.0221. The molecule has 0 aliphatic rings. The van der Waals surface area contributed by atoms with Crippen molar-refractivity contribution in [3.8, 4) is 5.75 Å². The molecule has 1 aromatic carbocycles. The highest BCUT2D eigenvalue weighted by atomic mass is 16.4. The Balaban J connectivity index is 2.61. The molecule has 0 spiro atoms. The number of carbonyl (C=O) groups excluding carboxylic acids is 1. The van der Waals surface area contributed by atoms with Gasteiger partial charge < -0.3 is 13.9 Å². The predicted octanol–water partition coefficient (Wildman–Crippen LogP) is 3.70. The van der Waals surface area contributed by atoms with Crippen LogP contribution in [0.2, 0.25) is 0 Å². The summed E-state index contributed by atoms with van der Waals surface area (Å²) in [5.41, 5.74) is 2.37. The van der Waals surface area contributed by atoms with Gasteiger partial charge in [0.15, 0.2) is 17.1 Å². The first kappa shape index (κ1) is 10.9. The van der Waals surface area contributed by atoms with E-state index in [1.807, 2.05) is 6.92 Å². The highest BCUT2D eigenvalue weighted by molar-refractivity contribution is 6.15. The lowest BCUT2D eigenvalue weighted by Gasteiger charge is -1.97. The van der Waals surface area contributed by atoms with Crippen molar-refractivity contribution in [2.75, 3.05) is 0 Å². The number of phenolic OH excluding ortho intramolecular Hbond substituents is 1. The van der Waals surface area contributed by atoms with Crippen molar-refractivity contribution in [2.24, 2.45) is 0 Å². The van der Waals surface area contributed by atoms with Crippen molar-refractivity contribution >= 4 is 27.7 Å². The minimum atomic E-state index is -0.0776. The average molecular weight is 244 g/mol. The summed E-state index contributed by atoms with van der Waals surface area (Å²) in [5.74, 6) is 0.505. The molecule has 0 saturated carbocycles. The molecule has 0 bridgehead atoms. The topological polar surface area (TPSA) is 63.6 Å². The lowest BCUT2D eigenvalue weighted by atomic mass is 10.0. The lowest BCUT2D eigenvalue weighted by Crippen LogP contribution is -1.92. The van der Waals surface area contributed by atoms with Crippen LogP contribution in [0.25, 0.3) is 21.9 Å². The second kappa shape index (κ2) is 3.38. The van der Waals surface area contributed by atoms with Gasteiger partial charge in [0.2, 0.25) is 0 Å². The molecular formula is C14H12O4. The van der Waals surface area contributed by atoms with Gasteiger partial charge in [-0.1, -0.05) is 0 Å². The Morgan fingerprint density at radius 1 is 1.28 bits per heavy atom. The number of furan rings is 2. The van der Waals surface area contributed by atoms with Gasteiger partial charge in [0.05, 0.1) is 17.2 Å². The minimum Gasteiger partial charge on any atom is -0.504 e. The van der Waals surface area contributed by atoms with Crippen molar-refractivity contribution in [2.45, 2.75) is 20.8 Å². The maximum Gasteiger partial charge on any atom is 0.179 e.